The van der Waals surface area contributed by atoms with Gasteiger partial charge >= 0.3 is 0 Å². The molecule has 0 aromatic heterocycles. The molecule has 1 aliphatic rings. The Morgan fingerprint density at radius 1 is 0.622 bits per heavy atom. The summed E-state index contributed by atoms with van der Waals surface area (Å²) in [6, 6.07) is 14.0. The molecule has 0 spiro atoms. The molecule has 0 N–H and O–H groups in total. The van der Waals surface area contributed by atoms with Gasteiger partial charge in [-0.2, -0.15) is 0 Å². The fraction of sp³-hybridized carbons (Fsp3) is 0.455. The smallest absolute Gasteiger partial charge is 0.166 e. The van der Waals surface area contributed by atoms with Crippen LogP contribution in [0.3, 0.4) is 0 Å². The largest absolute Gasteiger partial charge is 0.203 e. The molecule has 0 radical (unpaired) electrons. The van der Waals surface area contributed by atoms with Crippen LogP contribution in [0.25, 0.3) is 11.1 Å². The highest BCUT2D eigenvalue weighted by molar-refractivity contribution is 5.65. The maximum atomic E-state index is 15.0. The van der Waals surface area contributed by atoms with Gasteiger partial charge in [0, 0.05) is 5.56 Å². The number of hydrogen-bond acceptors (Lipinski definition) is 0. The molecule has 3 aromatic carbocycles. The van der Waals surface area contributed by atoms with E-state index in [9.17, 15) is 17.6 Å². The molecule has 1 fully saturated rings. The molecule has 3 aromatic rings. The molecule has 0 unspecified atom stereocenters. The SMILES string of the molecule is CCCCc1ccc(-c2ccc(CCc3ccc(C4CCC(CCC)CC4)c(F)c3F)cc2)c(F)c1F. The van der Waals surface area contributed by atoms with E-state index in [1.54, 1.807) is 36.4 Å². The minimum absolute atomic E-state index is 0.107. The highest BCUT2D eigenvalue weighted by Crippen LogP contribution is 2.39. The lowest BCUT2D eigenvalue weighted by molar-refractivity contribution is 0.302. The fourth-order valence-corrected chi connectivity index (χ4v) is 5.79. The van der Waals surface area contributed by atoms with Gasteiger partial charge in [-0.25, -0.2) is 17.6 Å². The first-order valence-corrected chi connectivity index (χ1v) is 14.0. The predicted octanol–water partition coefficient (Wildman–Crippen LogP) is 10.1. The Morgan fingerprint density at radius 2 is 1.27 bits per heavy atom. The fourth-order valence-electron chi connectivity index (χ4n) is 5.79. The molecule has 1 saturated carbocycles. The highest BCUT2D eigenvalue weighted by atomic mass is 19.2. The van der Waals surface area contributed by atoms with Crippen LogP contribution in [0.4, 0.5) is 17.6 Å². The summed E-state index contributed by atoms with van der Waals surface area (Å²) in [5.74, 6) is -2.18. The summed E-state index contributed by atoms with van der Waals surface area (Å²) in [6.07, 6.45) is 9.62. The topological polar surface area (TPSA) is 0 Å². The standard InChI is InChI=1S/C33H38F4/c1-3-5-7-26-18-20-28(32(36)30(26)34)25-15-10-23(11-16-25)12-17-27-19-21-29(33(37)31(27)35)24-13-8-22(6-4-2)9-14-24/h10-11,15-16,18-22,24H,3-9,12-14,17H2,1-2H3. The lowest BCUT2D eigenvalue weighted by atomic mass is 9.77. The van der Waals surface area contributed by atoms with Crippen LogP contribution in [-0.4, -0.2) is 0 Å². The van der Waals surface area contributed by atoms with E-state index < -0.39 is 23.3 Å². The zero-order valence-electron chi connectivity index (χ0n) is 22.1. The zero-order chi connectivity index (χ0) is 26.4. The zero-order valence-corrected chi connectivity index (χ0v) is 22.1. The molecule has 0 saturated heterocycles. The van der Waals surface area contributed by atoms with Crippen molar-refractivity contribution >= 4 is 0 Å². The molecule has 198 valence electrons. The third-order valence-corrected chi connectivity index (χ3v) is 8.09. The lowest BCUT2D eigenvalue weighted by Gasteiger charge is -2.29. The van der Waals surface area contributed by atoms with Gasteiger partial charge in [0.1, 0.15) is 0 Å². The summed E-state index contributed by atoms with van der Waals surface area (Å²) in [7, 11) is 0. The Hall–Kier alpha value is -2.62. The van der Waals surface area contributed by atoms with E-state index >= 15 is 0 Å². The van der Waals surface area contributed by atoms with Crippen LogP contribution in [-0.2, 0) is 19.3 Å². The Kier molecular flexibility index (Phi) is 9.45. The van der Waals surface area contributed by atoms with Gasteiger partial charge in [-0.3, -0.25) is 0 Å². The third kappa shape index (κ3) is 6.45. The van der Waals surface area contributed by atoms with Gasteiger partial charge in [0.15, 0.2) is 23.3 Å². The molecule has 4 rings (SSSR count). The van der Waals surface area contributed by atoms with Crippen LogP contribution in [0.2, 0.25) is 0 Å². The van der Waals surface area contributed by atoms with Crippen molar-refractivity contribution in [1.29, 1.82) is 0 Å². The van der Waals surface area contributed by atoms with E-state index in [4.69, 9.17) is 0 Å². The molecule has 0 atom stereocenters. The number of unbranched alkanes of at least 4 members (excludes halogenated alkanes) is 1. The minimum atomic E-state index is -0.821. The van der Waals surface area contributed by atoms with Gasteiger partial charge < -0.3 is 0 Å². The average Bonchev–Trinajstić information content (AvgIpc) is 2.92. The predicted molar refractivity (Wildman–Crippen MR) is 144 cm³/mol. The van der Waals surface area contributed by atoms with E-state index in [2.05, 4.69) is 6.92 Å². The van der Waals surface area contributed by atoms with Crippen LogP contribution in [0.1, 0.15) is 93.4 Å². The van der Waals surface area contributed by atoms with Gasteiger partial charge in [-0.05, 0) is 91.0 Å². The Bertz CT molecular complexity index is 1170. The minimum Gasteiger partial charge on any atom is -0.203 e. The Labute approximate surface area is 219 Å². The monoisotopic (exact) mass is 510 g/mol. The molecule has 0 bridgehead atoms. The van der Waals surface area contributed by atoms with Crippen molar-refractivity contribution in [1.82, 2.24) is 0 Å². The number of hydrogen-bond donors (Lipinski definition) is 0. The van der Waals surface area contributed by atoms with Crippen molar-refractivity contribution in [2.75, 3.05) is 0 Å². The summed E-state index contributed by atoms with van der Waals surface area (Å²) in [5, 5.41) is 0. The lowest BCUT2D eigenvalue weighted by Crippen LogP contribution is -2.15. The van der Waals surface area contributed by atoms with Crippen molar-refractivity contribution in [2.45, 2.75) is 90.4 Å². The first kappa shape index (κ1) is 27.4. The normalized spacial score (nSPS) is 17.8. The van der Waals surface area contributed by atoms with Crippen LogP contribution >= 0.6 is 0 Å². The van der Waals surface area contributed by atoms with Gasteiger partial charge in [-0.15, -0.1) is 0 Å². The first-order valence-electron chi connectivity index (χ1n) is 14.0. The third-order valence-electron chi connectivity index (χ3n) is 8.09. The van der Waals surface area contributed by atoms with Crippen LogP contribution < -0.4 is 0 Å². The number of rotatable bonds is 10. The van der Waals surface area contributed by atoms with Crippen molar-refractivity contribution < 1.29 is 17.6 Å². The van der Waals surface area contributed by atoms with Gasteiger partial charge in [0.25, 0.3) is 0 Å². The molecule has 0 aliphatic heterocycles. The Morgan fingerprint density at radius 3 is 1.95 bits per heavy atom. The van der Waals surface area contributed by atoms with Gasteiger partial charge in [0.2, 0.25) is 0 Å². The summed E-state index contributed by atoms with van der Waals surface area (Å²) in [6.45, 7) is 4.21. The van der Waals surface area contributed by atoms with Crippen LogP contribution in [0.5, 0.6) is 0 Å². The second kappa shape index (κ2) is 12.8. The summed E-state index contributed by atoms with van der Waals surface area (Å²) >= 11 is 0. The summed E-state index contributed by atoms with van der Waals surface area (Å²) in [5.41, 5.74) is 3.07. The molecule has 0 nitrogen and oxygen atoms in total. The van der Waals surface area contributed by atoms with E-state index in [1.807, 2.05) is 19.1 Å². The number of benzene rings is 3. The maximum absolute atomic E-state index is 15.0. The van der Waals surface area contributed by atoms with Crippen molar-refractivity contribution in [2.24, 2.45) is 5.92 Å². The van der Waals surface area contributed by atoms with E-state index in [-0.39, 0.29) is 11.5 Å². The Balaban J connectivity index is 1.40. The molecule has 0 heterocycles. The maximum Gasteiger partial charge on any atom is 0.166 e. The molecule has 4 heteroatoms. The molecular weight excluding hydrogens is 472 g/mol. The average molecular weight is 511 g/mol. The van der Waals surface area contributed by atoms with Crippen molar-refractivity contribution in [3.8, 4) is 11.1 Å². The molecule has 37 heavy (non-hydrogen) atoms. The van der Waals surface area contributed by atoms with E-state index in [1.165, 1.54) is 12.8 Å². The second-order valence-electron chi connectivity index (χ2n) is 10.6. The summed E-state index contributed by atoms with van der Waals surface area (Å²) < 4.78 is 59.1. The van der Waals surface area contributed by atoms with Crippen LogP contribution in [0, 0.1) is 29.2 Å². The van der Waals surface area contributed by atoms with Crippen molar-refractivity contribution in [3.05, 3.63) is 94.1 Å². The van der Waals surface area contributed by atoms with E-state index in [0.717, 1.165) is 50.0 Å². The second-order valence-corrected chi connectivity index (χ2v) is 10.6. The van der Waals surface area contributed by atoms with Crippen LogP contribution in [0.15, 0.2) is 48.5 Å². The van der Waals surface area contributed by atoms with Gasteiger partial charge in [0.05, 0.1) is 0 Å². The molecular formula is C33H38F4. The number of aryl methyl sites for hydroxylation is 3. The molecule has 0 amide bonds. The number of halogens is 4. The first-order chi connectivity index (χ1) is 17.9. The van der Waals surface area contributed by atoms with Gasteiger partial charge in [-0.1, -0.05) is 81.6 Å². The van der Waals surface area contributed by atoms with E-state index in [0.29, 0.717) is 41.5 Å². The highest BCUT2D eigenvalue weighted by Gasteiger charge is 2.26. The molecule has 1 aliphatic carbocycles. The van der Waals surface area contributed by atoms with Crippen molar-refractivity contribution in [3.63, 3.8) is 0 Å². The summed E-state index contributed by atoms with van der Waals surface area (Å²) in [4.78, 5) is 0. The quantitative estimate of drug-likeness (QED) is 0.238.